The Morgan fingerprint density at radius 2 is 2.00 bits per heavy atom. The van der Waals surface area contributed by atoms with Crippen molar-refractivity contribution in [1.29, 1.82) is 0 Å². The second kappa shape index (κ2) is 5.67. The summed E-state index contributed by atoms with van der Waals surface area (Å²) in [5.74, 6) is -0.0694. The van der Waals surface area contributed by atoms with E-state index in [4.69, 9.17) is 5.11 Å². The van der Waals surface area contributed by atoms with Crippen LogP contribution in [-0.2, 0) is 6.18 Å². The van der Waals surface area contributed by atoms with Crippen molar-refractivity contribution in [2.75, 3.05) is 30.3 Å². The molecule has 0 amide bonds. The van der Waals surface area contributed by atoms with Gasteiger partial charge in [0.15, 0.2) is 5.69 Å². The van der Waals surface area contributed by atoms with Crippen molar-refractivity contribution in [3.8, 4) is 0 Å². The summed E-state index contributed by atoms with van der Waals surface area (Å²) in [6, 6.07) is 0.802. The fourth-order valence-electron chi connectivity index (χ4n) is 1.10. The van der Waals surface area contributed by atoms with Crippen LogP contribution in [0.25, 0.3) is 0 Å². The van der Waals surface area contributed by atoms with Crippen LogP contribution >= 0.6 is 0 Å². The molecule has 0 aliphatic rings. The first kappa shape index (κ1) is 13.5. The zero-order valence-electron chi connectivity index (χ0n) is 9.17. The molecule has 1 rings (SSSR count). The van der Waals surface area contributed by atoms with Crippen LogP contribution in [0.15, 0.2) is 6.07 Å². The van der Waals surface area contributed by atoms with Gasteiger partial charge in [0.05, 0.1) is 6.61 Å². The predicted molar refractivity (Wildman–Crippen MR) is 56.8 cm³/mol. The zero-order chi connectivity index (χ0) is 12.9. The van der Waals surface area contributed by atoms with Gasteiger partial charge in [-0.3, -0.25) is 0 Å². The summed E-state index contributed by atoms with van der Waals surface area (Å²) in [7, 11) is 0. The van der Waals surface area contributed by atoms with Gasteiger partial charge in [-0.1, -0.05) is 0 Å². The zero-order valence-corrected chi connectivity index (χ0v) is 9.17. The maximum Gasteiger partial charge on any atom is 0.433 e. The molecule has 0 bridgehead atoms. The van der Waals surface area contributed by atoms with Crippen molar-refractivity contribution >= 4 is 11.8 Å². The maximum absolute atomic E-state index is 12.5. The number of aromatic nitrogens is 2. The van der Waals surface area contributed by atoms with Crippen LogP contribution in [-0.4, -0.2) is 34.8 Å². The molecule has 1 aromatic heterocycles. The largest absolute Gasteiger partial charge is 0.433 e. The number of rotatable bonds is 5. The monoisotopic (exact) mass is 250 g/mol. The van der Waals surface area contributed by atoms with Gasteiger partial charge in [0, 0.05) is 19.2 Å². The molecule has 17 heavy (non-hydrogen) atoms. The second-order valence-electron chi connectivity index (χ2n) is 3.14. The van der Waals surface area contributed by atoms with E-state index >= 15 is 0 Å². The van der Waals surface area contributed by atoms with Gasteiger partial charge in [-0.05, 0) is 6.92 Å². The lowest BCUT2D eigenvalue weighted by atomic mass is 10.3. The third-order valence-corrected chi connectivity index (χ3v) is 1.77. The van der Waals surface area contributed by atoms with E-state index in [0.29, 0.717) is 6.54 Å². The van der Waals surface area contributed by atoms with E-state index in [0.717, 1.165) is 6.07 Å². The number of aliphatic hydroxyl groups is 1. The molecule has 0 fully saturated rings. The highest BCUT2D eigenvalue weighted by atomic mass is 19.4. The molecule has 0 radical (unpaired) electrons. The van der Waals surface area contributed by atoms with E-state index < -0.39 is 11.9 Å². The van der Waals surface area contributed by atoms with Gasteiger partial charge in [-0.15, -0.1) is 0 Å². The molecule has 3 N–H and O–H groups in total. The van der Waals surface area contributed by atoms with Gasteiger partial charge in [0.2, 0.25) is 5.95 Å². The standard InChI is InChI=1S/C9H13F3N4O/c1-2-13-8-15-6(9(10,11)12)5-7(16-8)14-3-4-17/h5,17H,2-4H2,1H3,(H2,13,14,15,16). The Labute approximate surface area is 96.1 Å². The minimum Gasteiger partial charge on any atom is -0.395 e. The fourth-order valence-corrected chi connectivity index (χ4v) is 1.10. The molecule has 0 atom stereocenters. The highest BCUT2D eigenvalue weighted by molar-refractivity contribution is 5.43. The summed E-state index contributed by atoms with van der Waals surface area (Å²) < 4.78 is 37.5. The van der Waals surface area contributed by atoms with Crippen LogP contribution in [0, 0.1) is 0 Å². The van der Waals surface area contributed by atoms with E-state index in [1.165, 1.54) is 0 Å². The first-order chi connectivity index (χ1) is 7.97. The molecule has 0 spiro atoms. The molecule has 8 heteroatoms. The normalized spacial score (nSPS) is 11.4. The topological polar surface area (TPSA) is 70.1 Å². The van der Waals surface area contributed by atoms with E-state index in [2.05, 4.69) is 20.6 Å². The first-order valence-corrected chi connectivity index (χ1v) is 5.02. The van der Waals surface area contributed by atoms with Crippen LogP contribution in [0.2, 0.25) is 0 Å². The summed E-state index contributed by atoms with van der Waals surface area (Å²) in [6.07, 6.45) is -4.53. The maximum atomic E-state index is 12.5. The number of aliphatic hydroxyl groups excluding tert-OH is 1. The molecule has 0 unspecified atom stereocenters. The second-order valence-corrected chi connectivity index (χ2v) is 3.14. The number of hydrogen-bond donors (Lipinski definition) is 3. The average Bonchev–Trinajstić information content (AvgIpc) is 2.25. The van der Waals surface area contributed by atoms with Crippen molar-refractivity contribution in [2.45, 2.75) is 13.1 Å². The summed E-state index contributed by atoms with van der Waals surface area (Å²) in [5, 5.41) is 13.8. The van der Waals surface area contributed by atoms with Crippen LogP contribution in [0.3, 0.4) is 0 Å². The van der Waals surface area contributed by atoms with Crippen molar-refractivity contribution in [1.82, 2.24) is 9.97 Å². The summed E-state index contributed by atoms with van der Waals surface area (Å²) in [5.41, 5.74) is -1.02. The summed E-state index contributed by atoms with van der Waals surface area (Å²) >= 11 is 0. The third kappa shape index (κ3) is 4.06. The Balaban J connectivity index is 3.01. The summed E-state index contributed by atoms with van der Waals surface area (Å²) in [6.45, 7) is 2.08. The Morgan fingerprint density at radius 3 is 2.53 bits per heavy atom. The minimum atomic E-state index is -4.53. The SMILES string of the molecule is CCNc1nc(NCCO)cc(C(F)(F)F)n1. The number of halogens is 3. The predicted octanol–water partition coefficient (Wildman–Crippen LogP) is 1.33. The van der Waals surface area contributed by atoms with Gasteiger partial charge in [0.25, 0.3) is 0 Å². The minimum absolute atomic E-state index is 0.0253. The van der Waals surface area contributed by atoms with Crippen LogP contribution in [0.1, 0.15) is 12.6 Å². The lowest BCUT2D eigenvalue weighted by Gasteiger charge is -2.11. The number of nitrogens with zero attached hydrogens (tertiary/aromatic N) is 2. The molecular weight excluding hydrogens is 237 g/mol. The van der Waals surface area contributed by atoms with E-state index in [-0.39, 0.29) is 24.9 Å². The van der Waals surface area contributed by atoms with Crippen LogP contribution in [0.4, 0.5) is 24.9 Å². The Bertz CT molecular complexity index is 370. The molecule has 1 aromatic rings. The first-order valence-electron chi connectivity index (χ1n) is 5.02. The van der Waals surface area contributed by atoms with Crippen molar-refractivity contribution in [3.05, 3.63) is 11.8 Å². The molecule has 0 aliphatic carbocycles. The highest BCUT2D eigenvalue weighted by Crippen LogP contribution is 2.29. The number of hydrogen-bond acceptors (Lipinski definition) is 5. The number of nitrogens with one attached hydrogen (secondary N) is 2. The Morgan fingerprint density at radius 1 is 1.29 bits per heavy atom. The molecular formula is C9H13F3N4O. The molecule has 0 aliphatic heterocycles. The Hall–Kier alpha value is -1.57. The van der Waals surface area contributed by atoms with Crippen molar-refractivity contribution in [3.63, 3.8) is 0 Å². The average molecular weight is 250 g/mol. The van der Waals surface area contributed by atoms with Crippen molar-refractivity contribution < 1.29 is 18.3 Å². The Kier molecular flexibility index (Phi) is 4.50. The van der Waals surface area contributed by atoms with Gasteiger partial charge in [-0.25, -0.2) is 4.98 Å². The van der Waals surface area contributed by atoms with E-state index in [1.54, 1.807) is 6.92 Å². The van der Waals surface area contributed by atoms with Gasteiger partial charge < -0.3 is 15.7 Å². The fraction of sp³-hybridized carbons (Fsp3) is 0.556. The molecule has 5 nitrogen and oxygen atoms in total. The number of alkyl halides is 3. The third-order valence-electron chi connectivity index (χ3n) is 1.77. The van der Waals surface area contributed by atoms with Crippen molar-refractivity contribution in [2.24, 2.45) is 0 Å². The van der Waals surface area contributed by atoms with Crippen LogP contribution in [0.5, 0.6) is 0 Å². The highest BCUT2D eigenvalue weighted by Gasteiger charge is 2.33. The molecule has 0 aromatic carbocycles. The lowest BCUT2D eigenvalue weighted by molar-refractivity contribution is -0.141. The molecule has 1 heterocycles. The van der Waals surface area contributed by atoms with Crippen LogP contribution < -0.4 is 10.6 Å². The van der Waals surface area contributed by atoms with E-state index in [1.807, 2.05) is 0 Å². The molecule has 0 saturated heterocycles. The quantitative estimate of drug-likeness (QED) is 0.735. The van der Waals surface area contributed by atoms with Gasteiger partial charge in [0.1, 0.15) is 5.82 Å². The van der Waals surface area contributed by atoms with Gasteiger partial charge in [-0.2, -0.15) is 18.2 Å². The number of anilines is 2. The smallest absolute Gasteiger partial charge is 0.395 e. The molecule has 0 saturated carbocycles. The molecule has 96 valence electrons. The van der Waals surface area contributed by atoms with Gasteiger partial charge >= 0.3 is 6.18 Å². The summed E-state index contributed by atoms with van der Waals surface area (Å²) in [4.78, 5) is 7.18. The van der Waals surface area contributed by atoms with E-state index in [9.17, 15) is 13.2 Å². The lowest BCUT2D eigenvalue weighted by Crippen LogP contribution is -2.15.